The Kier molecular flexibility index (Phi) is 8.99. The van der Waals surface area contributed by atoms with E-state index in [4.69, 9.17) is 23.2 Å². The molecule has 0 spiro atoms. The number of halogens is 2. The molecule has 4 nitrogen and oxygen atoms in total. The van der Waals surface area contributed by atoms with Gasteiger partial charge in [0, 0.05) is 22.6 Å². The van der Waals surface area contributed by atoms with Gasteiger partial charge in [-0.3, -0.25) is 9.59 Å². The van der Waals surface area contributed by atoms with Crippen molar-refractivity contribution in [2.45, 2.75) is 58.7 Å². The minimum absolute atomic E-state index is 0.0527. The molecule has 0 heterocycles. The van der Waals surface area contributed by atoms with E-state index in [0.717, 1.165) is 17.5 Å². The van der Waals surface area contributed by atoms with Gasteiger partial charge in [0.25, 0.3) is 0 Å². The van der Waals surface area contributed by atoms with Crippen LogP contribution in [0.1, 0.15) is 44.7 Å². The Hall–Kier alpha value is -2.04. The second-order valence-electron chi connectivity index (χ2n) is 7.20. The molecule has 29 heavy (non-hydrogen) atoms. The molecule has 156 valence electrons. The van der Waals surface area contributed by atoms with Gasteiger partial charge < -0.3 is 10.2 Å². The van der Waals surface area contributed by atoms with Gasteiger partial charge in [0.1, 0.15) is 6.04 Å². The molecule has 2 atom stereocenters. The van der Waals surface area contributed by atoms with Crippen LogP contribution in [-0.4, -0.2) is 28.8 Å². The minimum atomic E-state index is -0.550. The highest BCUT2D eigenvalue weighted by molar-refractivity contribution is 6.30. The summed E-state index contributed by atoms with van der Waals surface area (Å²) in [6.07, 6.45) is 1.54. The number of rotatable bonds is 9. The van der Waals surface area contributed by atoms with Gasteiger partial charge in [-0.25, -0.2) is 0 Å². The third-order valence-electron chi connectivity index (χ3n) is 4.90. The summed E-state index contributed by atoms with van der Waals surface area (Å²) in [6, 6.07) is 14.1. The van der Waals surface area contributed by atoms with Gasteiger partial charge in [-0.1, -0.05) is 61.3 Å². The average Bonchev–Trinajstić information content (AvgIpc) is 2.69. The van der Waals surface area contributed by atoms with E-state index in [1.807, 2.05) is 45.0 Å². The van der Waals surface area contributed by atoms with Crippen LogP contribution in [0.5, 0.6) is 0 Å². The third-order valence-corrected chi connectivity index (χ3v) is 5.38. The van der Waals surface area contributed by atoms with Crippen molar-refractivity contribution in [3.05, 3.63) is 69.7 Å². The summed E-state index contributed by atoms with van der Waals surface area (Å²) in [5.41, 5.74) is 1.74. The van der Waals surface area contributed by atoms with E-state index in [9.17, 15) is 9.59 Å². The number of carbonyl (C=O) groups is 2. The van der Waals surface area contributed by atoms with Gasteiger partial charge in [-0.2, -0.15) is 0 Å². The highest BCUT2D eigenvalue weighted by Crippen LogP contribution is 2.18. The van der Waals surface area contributed by atoms with E-state index < -0.39 is 6.04 Å². The van der Waals surface area contributed by atoms with E-state index in [2.05, 4.69) is 5.32 Å². The SMILES string of the molecule is CC[C@H](C)NC(=O)[C@H](CC)N(Cc1ccc(Cl)cc1)C(=O)Cc1cccc(Cl)c1. The fourth-order valence-electron chi connectivity index (χ4n) is 3.07. The maximum Gasteiger partial charge on any atom is 0.243 e. The van der Waals surface area contributed by atoms with Crippen molar-refractivity contribution in [2.24, 2.45) is 0 Å². The smallest absolute Gasteiger partial charge is 0.243 e. The lowest BCUT2D eigenvalue weighted by molar-refractivity contribution is -0.141. The molecule has 2 aromatic rings. The van der Waals surface area contributed by atoms with Gasteiger partial charge >= 0.3 is 0 Å². The molecule has 0 aromatic heterocycles. The second-order valence-corrected chi connectivity index (χ2v) is 8.07. The van der Waals surface area contributed by atoms with Crippen molar-refractivity contribution >= 4 is 35.0 Å². The van der Waals surface area contributed by atoms with Crippen LogP contribution in [0, 0.1) is 0 Å². The Labute approximate surface area is 183 Å². The number of nitrogens with one attached hydrogen (secondary N) is 1. The summed E-state index contributed by atoms with van der Waals surface area (Å²) in [4.78, 5) is 27.8. The van der Waals surface area contributed by atoms with Crippen LogP contribution < -0.4 is 5.32 Å². The van der Waals surface area contributed by atoms with Gasteiger partial charge in [0.2, 0.25) is 11.8 Å². The second kappa shape index (κ2) is 11.2. The molecule has 0 radical (unpaired) electrons. The Morgan fingerprint density at radius 3 is 2.24 bits per heavy atom. The Morgan fingerprint density at radius 1 is 0.966 bits per heavy atom. The van der Waals surface area contributed by atoms with Crippen molar-refractivity contribution in [3.8, 4) is 0 Å². The van der Waals surface area contributed by atoms with Crippen LogP contribution in [0.25, 0.3) is 0 Å². The third kappa shape index (κ3) is 7.06. The standard InChI is InChI=1S/C23H28Cl2N2O2/c1-4-16(3)26-23(29)21(5-2)27(15-17-9-11-19(24)12-10-17)22(28)14-18-7-6-8-20(25)13-18/h6-13,16,21H,4-5,14-15H2,1-3H3,(H,26,29)/t16-,21-/m0/s1. The molecule has 0 saturated heterocycles. The fourth-order valence-corrected chi connectivity index (χ4v) is 3.41. The first-order valence-electron chi connectivity index (χ1n) is 9.92. The normalized spacial score (nSPS) is 12.9. The minimum Gasteiger partial charge on any atom is -0.352 e. The van der Waals surface area contributed by atoms with Gasteiger partial charge in [-0.15, -0.1) is 0 Å². The molecule has 0 saturated carbocycles. The van der Waals surface area contributed by atoms with Crippen molar-refractivity contribution in [1.29, 1.82) is 0 Å². The highest BCUT2D eigenvalue weighted by atomic mass is 35.5. The molecule has 0 unspecified atom stereocenters. The lowest BCUT2D eigenvalue weighted by atomic mass is 10.1. The van der Waals surface area contributed by atoms with Crippen molar-refractivity contribution in [2.75, 3.05) is 0 Å². The average molecular weight is 435 g/mol. The lowest BCUT2D eigenvalue weighted by Crippen LogP contribution is -2.51. The van der Waals surface area contributed by atoms with E-state index in [0.29, 0.717) is 23.0 Å². The fraction of sp³-hybridized carbons (Fsp3) is 0.391. The molecule has 6 heteroatoms. The zero-order valence-corrected chi connectivity index (χ0v) is 18.6. The molecule has 2 amide bonds. The number of amides is 2. The topological polar surface area (TPSA) is 49.4 Å². The van der Waals surface area contributed by atoms with Crippen LogP contribution in [0.4, 0.5) is 0 Å². The summed E-state index contributed by atoms with van der Waals surface area (Å²) in [6.45, 7) is 6.23. The number of nitrogens with zero attached hydrogens (tertiary/aromatic N) is 1. The zero-order valence-electron chi connectivity index (χ0n) is 17.1. The number of carbonyl (C=O) groups excluding carboxylic acids is 2. The van der Waals surface area contributed by atoms with Crippen LogP contribution in [0.15, 0.2) is 48.5 Å². The first-order chi connectivity index (χ1) is 13.8. The van der Waals surface area contributed by atoms with Crippen LogP contribution in [0.2, 0.25) is 10.0 Å². The predicted octanol–water partition coefficient (Wildman–Crippen LogP) is 5.26. The van der Waals surface area contributed by atoms with E-state index in [-0.39, 0.29) is 24.3 Å². The summed E-state index contributed by atoms with van der Waals surface area (Å²) in [5, 5.41) is 4.22. The zero-order chi connectivity index (χ0) is 21.4. The van der Waals surface area contributed by atoms with Crippen LogP contribution in [0.3, 0.4) is 0 Å². The maximum absolute atomic E-state index is 13.2. The van der Waals surface area contributed by atoms with Crippen LogP contribution >= 0.6 is 23.2 Å². The predicted molar refractivity (Wildman–Crippen MR) is 119 cm³/mol. The largest absolute Gasteiger partial charge is 0.352 e. The summed E-state index contributed by atoms with van der Waals surface area (Å²) >= 11 is 12.1. The molecular formula is C23H28Cl2N2O2. The van der Waals surface area contributed by atoms with Crippen molar-refractivity contribution in [3.63, 3.8) is 0 Å². The maximum atomic E-state index is 13.2. The molecule has 1 N–H and O–H groups in total. The highest BCUT2D eigenvalue weighted by Gasteiger charge is 2.29. The molecule has 0 aliphatic carbocycles. The first-order valence-corrected chi connectivity index (χ1v) is 10.7. The van der Waals surface area contributed by atoms with Gasteiger partial charge in [-0.05, 0) is 55.2 Å². The quantitative estimate of drug-likeness (QED) is 0.584. The van der Waals surface area contributed by atoms with Crippen LogP contribution in [-0.2, 0) is 22.6 Å². The van der Waals surface area contributed by atoms with Gasteiger partial charge in [0.15, 0.2) is 0 Å². The van der Waals surface area contributed by atoms with E-state index in [1.54, 1.807) is 29.2 Å². The van der Waals surface area contributed by atoms with Gasteiger partial charge in [0.05, 0.1) is 6.42 Å². The van der Waals surface area contributed by atoms with Crippen molar-refractivity contribution in [1.82, 2.24) is 10.2 Å². The van der Waals surface area contributed by atoms with E-state index in [1.165, 1.54) is 0 Å². The molecule has 0 bridgehead atoms. The summed E-state index contributed by atoms with van der Waals surface area (Å²) in [5.74, 6) is -0.247. The molecule has 0 fully saturated rings. The van der Waals surface area contributed by atoms with Crippen molar-refractivity contribution < 1.29 is 9.59 Å². The Bertz CT molecular complexity index is 824. The molecule has 2 rings (SSSR count). The lowest BCUT2D eigenvalue weighted by Gasteiger charge is -2.31. The first kappa shape index (κ1) is 23.2. The number of hydrogen-bond acceptors (Lipinski definition) is 2. The molecule has 0 aliphatic heterocycles. The summed E-state index contributed by atoms with van der Waals surface area (Å²) < 4.78 is 0. The van der Waals surface area contributed by atoms with E-state index >= 15 is 0 Å². The Morgan fingerprint density at radius 2 is 1.66 bits per heavy atom. The number of hydrogen-bond donors (Lipinski definition) is 1. The molecule has 2 aromatic carbocycles. The summed E-state index contributed by atoms with van der Waals surface area (Å²) in [7, 11) is 0. The molecular weight excluding hydrogens is 407 g/mol. The number of benzene rings is 2. The Balaban J connectivity index is 2.28. The molecule has 0 aliphatic rings. The monoisotopic (exact) mass is 434 g/mol.